The van der Waals surface area contributed by atoms with Crippen LogP contribution in [0.5, 0.6) is 0 Å². The summed E-state index contributed by atoms with van der Waals surface area (Å²) >= 11 is 1.68. The van der Waals surface area contributed by atoms with Gasteiger partial charge in [-0.05, 0) is 56.4 Å². The van der Waals surface area contributed by atoms with Gasteiger partial charge < -0.3 is 4.90 Å². The van der Waals surface area contributed by atoms with Crippen LogP contribution in [0.1, 0.15) is 19.5 Å². The highest BCUT2D eigenvalue weighted by Crippen LogP contribution is 2.43. The monoisotopic (exact) mass is 474 g/mol. The van der Waals surface area contributed by atoms with E-state index in [1.54, 1.807) is 6.92 Å². The summed E-state index contributed by atoms with van der Waals surface area (Å²) in [7, 11) is 0. The van der Waals surface area contributed by atoms with E-state index in [9.17, 15) is 20.2 Å². The summed E-state index contributed by atoms with van der Waals surface area (Å²) in [5, 5.41) is 38.3. The molecule has 0 saturated heterocycles. The molecule has 12 nitrogen and oxygen atoms in total. The second-order valence-electron chi connectivity index (χ2n) is 6.26. The number of benzene rings is 1. The molecule has 0 N–H and O–H groups in total. The van der Waals surface area contributed by atoms with E-state index >= 15 is 0 Å². The Balaban J connectivity index is 1.77. The van der Waals surface area contributed by atoms with Crippen LogP contribution in [0.3, 0.4) is 0 Å². The molecule has 3 aromatic rings. The molecule has 2 aromatic heterocycles. The predicted octanol–water partition coefficient (Wildman–Crippen LogP) is 7.01. The Labute approximate surface area is 190 Å². The second kappa shape index (κ2) is 10.1. The first-order chi connectivity index (χ1) is 15.3. The van der Waals surface area contributed by atoms with Crippen molar-refractivity contribution in [3.05, 3.63) is 56.3 Å². The molecule has 166 valence electrons. The summed E-state index contributed by atoms with van der Waals surface area (Å²) in [4.78, 5) is 27.0. The fourth-order valence-electron chi connectivity index (χ4n) is 2.67. The molecule has 0 atom stereocenters. The van der Waals surface area contributed by atoms with Gasteiger partial charge in [-0.2, -0.15) is 0 Å². The van der Waals surface area contributed by atoms with Gasteiger partial charge in [0.25, 0.3) is 0 Å². The first kappa shape index (κ1) is 23.0. The van der Waals surface area contributed by atoms with E-state index in [4.69, 9.17) is 0 Å². The highest BCUT2D eigenvalue weighted by Gasteiger charge is 2.25. The van der Waals surface area contributed by atoms with Crippen LogP contribution in [0.15, 0.2) is 50.8 Å². The van der Waals surface area contributed by atoms with Gasteiger partial charge in [0.2, 0.25) is 10.1 Å². The lowest BCUT2D eigenvalue weighted by Crippen LogP contribution is -2.21. The van der Waals surface area contributed by atoms with Gasteiger partial charge in [0.05, 0.1) is 21.2 Å². The quantitative estimate of drug-likeness (QED) is 0.185. The fraction of sp³-hybridized carbons (Fsp3) is 0.278. The Kier molecular flexibility index (Phi) is 7.27. The van der Waals surface area contributed by atoms with Crippen LogP contribution < -0.4 is 4.90 Å². The van der Waals surface area contributed by atoms with Gasteiger partial charge in [0.1, 0.15) is 6.07 Å². The summed E-state index contributed by atoms with van der Waals surface area (Å²) < 4.78 is 0. The zero-order chi connectivity index (χ0) is 23.3. The third-order valence-corrected chi connectivity index (χ3v) is 6.17. The fourth-order valence-corrected chi connectivity index (χ4v) is 4.15. The summed E-state index contributed by atoms with van der Waals surface area (Å²) in [6.45, 7) is 7.70. The molecule has 0 spiro atoms. The highest BCUT2D eigenvalue weighted by atomic mass is 32.1. The molecule has 0 saturated carbocycles. The van der Waals surface area contributed by atoms with Gasteiger partial charge >= 0.3 is 10.7 Å². The van der Waals surface area contributed by atoms with E-state index in [1.807, 2.05) is 24.3 Å². The summed E-state index contributed by atoms with van der Waals surface area (Å²) in [6.07, 6.45) is 0. The number of anilines is 1. The SMILES string of the molecule is CCN(CC)c1ccc(/N=N/c2nc(C)c(/N=N/c3sc([N+](=O)[O-])cc3[N+](=O)[O-])s2)cc1. The van der Waals surface area contributed by atoms with Crippen molar-refractivity contribution in [2.45, 2.75) is 20.8 Å². The number of azo groups is 2. The van der Waals surface area contributed by atoms with Gasteiger partial charge in [-0.15, -0.1) is 20.5 Å². The van der Waals surface area contributed by atoms with Crippen LogP contribution in [-0.4, -0.2) is 27.9 Å². The minimum Gasteiger partial charge on any atom is -0.372 e. The van der Waals surface area contributed by atoms with E-state index in [-0.39, 0.29) is 10.0 Å². The number of aromatic nitrogens is 1. The molecule has 0 aliphatic rings. The molecule has 0 aliphatic heterocycles. The average molecular weight is 475 g/mol. The summed E-state index contributed by atoms with van der Waals surface area (Å²) in [6, 6.07) is 8.54. The maximum atomic E-state index is 11.1. The van der Waals surface area contributed by atoms with Crippen molar-refractivity contribution in [1.29, 1.82) is 0 Å². The number of hydrogen-bond acceptors (Lipinski definition) is 12. The molecule has 0 radical (unpaired) electrons. The molecule has 0 fully saturated rings. The molecule has 1 aromatic carbocycles. The van der Waals surface area contributed by atoms with Crippen LogP contribution in [-0.2, 0) is 0 Å². The normalized spacial score (nSPS) is 11.5. The molecule has 2 heterocycles. The van der Waals surface area contributed by atoms with Crippen LogP contribution in [0.4, 0.5) is 37.2 Å². The minimum atomic E-state index is -0.734. The second-order valence-corrected chi connectivity index (χ2v) is 8.23. The van der Waals surface area contributed by atoms with E-state index in [0.717, 1.165) is 36.2 Å². The Bertz CT molecular complexity index is 1180. The number of aryl methyl sites for hydroxylation is 1. The van der Waals surface area contributed by atoms with Crippen LogP contribution in [0.2, 0.25) is 0 Å². The van der Waals surface area contributed by atoms with Crippen LogP contribution in [0, 0.1) is 27.2 Å². The summed E-state index contributed by atoms with van der Waals surface area (Å²) in [5.41, 5.74) is 1.81. The van der Waals surface area contributed by atoms with Gasteiger partial charge in [-0.1, -0.05) is 11.3 Å². The predicted molar refractivity (Wildman–Crippen MR) is 123 cm³/mol. The zero-order valence-electron chi connectivity index (χ0n) is 17.3. The van der Waals surface area contributed by atoms with Crippen molar-refractivity contribution in [3.8, 4) is 0 Å². The Morgan fingerprint density at radius 2 is 1.59 bits per heavy atom. The van der Waals surface area contributed by atoms with E-state index in [0.29, 0.717) is 32.9 Å². The molecule has 0 bridgehead atoms. The van der Waals surface area contributed by atoms with Crippen molar-refractivity contribution in [2.24, 2.45) is 20.5 Å². The highest BCUT2D eigenvalue weighted by molar-refractivity contribution is 7.19. The first-order valence-electron chi connectivity index (χ1n) is 9.40. The molecule has 0 amide bonds. The first-order valence-corrected chi connectivity index (χ1v) is 11.0. The zero-order valence-corrected chi connectivity index (χ0v) is 19.0. The molecule has 0 aliphatic carbocycles. The van der Waals surface area contributed by atoms with Crippen LogP contribution >= 0.6 is 22.7 Å². The number of hydrogen-bond donors (Lipinski definition) is 0. The average Bonchev–Trinajstić information content (AvgIpc) is 3.36. The van der Waals surface area contributed by atoms with Crippen molar-refractivity contribution < 1.29 is 9.85 Å². The third kappa shape index (κ3) is 5.33. The lowest BCUT2D eigenvalue weighted by Gasteiger charge is -2.20. The van der Waals surface area contributed by atoms with E-state index in [2.05, 4.69) is 44.2 Å². The van der Waals surface area contributed by atoms with Crippen LogP contribution in [0.25, 0.3) is 0 Å². The molecular weight excluding hydrogens is 456 g/mol. The number of nitrogens with zero attached hydrogens (tertiary/aromatic N) is 8. The van der Waals surface area contributed by atoms with E-state index in [1.165, 1.54) is 0 Å². The van der Waals surface area contributed by atoms with E-state index < -0.39 is 15.5 Å². The lowest BCUT2D eigenvalue weighted by atomic mass is 10.2. The topological polar surface area (TPSA) is 152 Å². The smallest absolute Gasteiger partial charge is 0.333 e. The standard InChI is InChI=1S/C18H18N8O4S2/c1-4-24(5-2)13-8-6-12(7-9-13)20-23-18-19-11(3)16(32-18)21-22-17-14(25(27)28)10-15(31-17)26(29)30/h6-10H,4-5H2,1-3H3/b22-21+,23-20+. The molecular formula is C18H18N8O4S2. The van der Waals surface area contributed by atoms with Crippen molar-refractivity contribution in [2.75, 3.05) is 18.0 Å². The maximum Gasteiger partial charge on any atom is 0.333 e. The maximum absolute atomic E-state index is 11.1. The molecule has 32 heavy (non-hydrogen) atoms. The molecule has 0 unspecified atom stereocenters. The minimum absolute atomic E-state index is 0.161. The molecule has 14 heteroatoms. The van der Waals surface area contributed by atoms with Gasteiger partial charge in [-0.3, -0.25) is 20.2 Å². The largest absolute Gasteiger partial charge is 0.372 e. The number of rotatable bonds is 9. The number of nitro groups is 2. The Hall–Kier alpha value is -3.65. The van der Waals surface area contributed by atoms with Crippen molar-refractivity contribution in [3.63, 3.8) is 0 Å². The van der Waals surface area contributed by atoms with Gasteiger partial charge in [0, 0.05) is 18.8 Å². The van der Waals surface area contributed by atoms with Gasteiger partial charge in [0.15, 0.2) is 5.00 Å². The van der Waals surface area contributed by atoms with Crippen molar-refractivity contribution >= 4 is 59.9 Å². The number of thiazole rings is 1. The van der Waals surface area contributed by atoms with Gasteiger partial charge in [-0.25, -0.2) is 4.98 Å². The molecule has 3 rings (SSSR count). The number of thiophene rings is 1. The van der Waals surface area contributed by atoms with Crippen molar-refractivity contribution in [1.82, 2.24) is 4.98 Å². The Morgan fingerprint density at radius 3 is 2.19 bits per heavy atom. The lowest BCUT2D eigenvalue weighted by molar-refractivity contribution is -0.389. The summed E-state index contributed by atoms with van der Waals surface area (Å²) in [5.74, 6) is 0. The Morgan fingerprint density at radius 1 is 0.938 bits per heavy atom. The third-order valence-electron chi connectivity index (χ3n) is 4.28.